The number of amides is 2. The van der Waals surface area contributed by atoms with Crippen LogP contribution in [0, 0.1) is 0 Å². The van der Waals surface area contributed by atoms with Crippen LogP contribution in [0.3, 0.4) is 0 Å². The maximum Gasteiger partial charge on any atom is 0.389 e. The highest BCUT2D eigenvalue weighted by Gasteiger charge is 2.49. The van der Waals surface area contributed by atoms with Gasteiger partial charge in [0.2, 0.25) is 11.8 Å². The highest BCUT2D eigenvalue weighted by Crippen LogP contribution is 2.28. The Morgan fingerprint density at radius 1 is 1.16 bits per heavy atom. The molecule has 0 radical (unpaired) electrons. The number of carbonyl (C=O) groups excluding carboxylic acids is 2. The van der Waals surface area contributed by atoms with Crippen LogP contribution in [-0.4, -0.2) is 40.5 Å². The van der Waals surface area contributed by atoms with Gasteiger partial charge in [0.15, 0.2) is 0 Å². The summed E-state index contributed by atoms with van der Waals surface area (Å²) in [6, 6.07) is 0. The summed E-state index contributed by atoms with van der Waals surface area (Å²) in [7, 11) is 0. The Bertz CT molecular complexity index is 389. The number of hydrogen-bond acceptors (Lipinski definition) is 2. The molecule has 1 aliphatic rings. The molecular formula is C12H19F3N2O2. The van der Waals surface area contributed by atoms with Crippen molar-refractivity contribution in [2.75, 3.05) is 6.54 Å². The van der Waals surface area contributed by atoms with Gasteiger partial charge in [-0.2, -0.15) is 13.2 Å². The second-order valence-electron chi connectivity index (χ2n) is 5.81. The molecule has 1 saturated heterocycles. The van der Waals surface area contributed by atoms with E-state index in [0.717, 1.165) is 0 Å². The van der Waals surface area contributed by atoms with Crippen LogP contribution < -0.4 is 5.32 Å². The monoisotopic (exact) mass is 280 g/mol. The molecule has 1 N–H and O–H groups in total. The molecule has 0 atom stereocenters. The first kappa shape index (κ1) is 15.8. The molecule has 0 spiro atoms. The van der Waals surface area contributed by atoms with Crippen molar-refractivity contribution in [2.24, 2.45) is 0 Å². The van der Waals surface area contributed by atoms with Gasteiger partial charge < -0.3 is 10.2 Å². The smallest absolute Gasteiger partial charge is 0.340 e. The van der Waals surface area contributed by atoms with E-state index < -0.39 is 23.7 Å². The Kier molecular flexibility index (Phi) is 3.89. The fraction of sp³-hybridized carbons (Fsp3) is 0.833. The summed E-state index contributed by atoms with van der Waals surface area (Å²) in [6.07, 6.45) is -5.42. The third kappa shape index (κ3) is 3.39. The number of nitrogens with zero attached hydrogens (tertiary/aromatic N) is 1. The lowest BCUT2D eigenvalue weighted by atomic mass is 9.89. The van der Waals surface area contributed by atoms with Crippen LogP contribution in [0.15, 0.2) is 0 Å². The zero-order valence-electron chi connectivity index (χ0n) is 11.5. The van der Waals surface area contributed by atoms with E-state index in [2.05, 4.69) is 5.32 Å². The van der Waals surface area contributed by atoms with Gasteiger partial charge in [0, 0.05) is 13.0 Å². The van der Waals surface area contributed by atoms with E-state index in [9.17, 15) is 22.8 Å². The van der Waals surface area contributed by atoms with Crippen LogP contribution >= 0.6 is 0 Å². The maximum absolute atomic E-state index is 12.2. The van der Waals surface area contributed by atoms with Gasteiger partial charge in [-0.25, -0.2) is 0 Å². The number of halogens is 3. The van der Waals surface area contributed by atoms with Crippen molar-refractivity contribution in [1.29, 1.82) is 0 Å². The summed E-state index contributed by atoms with van der Waals surface area (Å²) >= 11 is 0. The van der Waals surface area contributed by atoms with Gasteiger partial charge >= 0.3 is 6.18 Å². The van der Waals surface area contributed by atoms with Crippen LogP contribution in [0.25, 0.3) is 0 Å². The first-order valence-electron chi connectivity index (χ1n) is 6.09. The van der Waals surface area contributed by atoms with Gasteiger partial charge in [-0.3, -0.25) is 9.59 Å². The molecule has 4 nitrogen and oxygen atoms in total. The number of hydrogen-bond donors (Lipinski definition) is 1. The summed E-state index contributed by atoms with van der Waals surface area (Å²) in [5.41, 5.74) is -2.21. The summed E-state index contributed by atoms with van der Waals surface area (Å²) < 4.78 is 36.4. The molecule has 1 rings (SSSR count). The molecule has 0 aromatic heterocycles. The molecule has 0 aromatic carbocycles. The summed E-state index contributed by atoms with van der Waals surface area (Å²) in [5, 5.41) is 2.58. The minimum Gasteiger partial charge on any atom is -0.340 e. The summed E-state index contributed by atoms with van der Waals surface area (Å²) in [5.74, 6) is -0.719. The van der Waals surface area contributed by atoms with Gasteiger partial charge in [-0.15, -0.1) is 0 Å². The first-order valence-corrected chi connectivity index (χ1v) is 6.09. The van der Waals surface area contributed by atoms with Crippen molar-refractivity contribution in [3.8, 4) is 0 Å². The lowest BCUT2D eigenvalue weighted by Gasteiger charge is -2.47. The lowest BCUT2D eigenvalue weighted by molar-refractivity contribution is -0.161. The van der Waals surface area contributed by atoms with Crippen molar-refractivity contribution >= 4 is 11.8 Å². The van der Waals surface area contributed by atoms with Gasteiger partial charge in [0.25, 0.3) is 0 Å². The van der Waals surface area contributed by atoms with E-state index in [0.29, 0.717) is 0 Å². The third-order valence-electron chi connectivity index (χ3n) is 3.28. The molecular weight excluding hydrogens is 261 g/mol. The van der Waals surface area contributed by atoms with Crippen LogP contribution in [0.2, 0.25) is 0 Å². The zero-order valence-corrected chi connectivity index (χ0v) is 11.5. The number of piperazine rings is 1. The molecule has 1 fully saturated rings. The SMILES string of the molecule is CC1(C)NC(=O)C(C)(C)N(CCCC(F)(F)F)C1=O. The second-order valence-corrected chi connectivity index (χ2v) is 5.81. The highest BCUT2D eigenvalue weighted by atomic mass is 19.4. The minimum atomic E-state index is -4.25. The number of alkyl halides is 3. The molecule has 0 bridgehead atoms. The molecule has 110 valence electrons. The predicted molar refractivity (Wildman–Crippen MR) is 63.3 cm³/mol. The van der Waals surface area contributed by atoms with E-state index >= 15 is 0 Å². The third-order valence-corrected chi connectivity index (χ3v) is 3.28. The van der Waals surface area contributed by atoms with Gasteiger partial charge in [-0.1, -0.05) is 0 Å². The lowest BCUT2D eigenvalue weighted by Crippen LogP contribution is -2.72. The number of carbonyl (C=O) groups is 2. The largest absolute Gasteiger partial charge is 0.389 e. The molecule has 0 aromatic rings. The van der Waals surface area contributed by atoms with Gasteiger partial charge in [0.1, 0.15) is 11.1 Å². The Hall–Kier alpha value is -1.27. The average Bonchev–Trinajstić information content (AvgIpc) is 2.19. The fourth-order valence-electron chi connectivity index (χ4n) is 2.02. The number of rotatable bonds is 3. The fourth-order valence-corrected chi connectivity index (χ4v) is 2.02. The second kappa shape index (κ2) is 4.68. The minimum absolute atomic E-state index is 0.0812. The van der Waals surface area contributed by atoms with Crippen molar-refractivity contribution in [1.82, 2.24) is 10.2 Å². The Morgan fingerprint density at radius 2 is 1.68 bits per heavy atom. The molecule has 0 saturated carbocycles. The average molecular weight is 280 g/mol. The van der Waals surface area contributed by atoms with E-state index in [1.807, 2.05) is 0 Å². The molecule has 19 heavy (non-hydrogen) atoms. The molecule has 0 unspecified atom stereocenters. The van der Waals surface area contributed by atoms with Crippen LogP contribution in [0.1, 0.15) is 40.5 Å². The molecule has 7 heteroatoms. The normalized spacial score (nSPS) is 22.4. The van der Waals surface area contributed by atoms with E-state index in [4.69, 9.17) is 0 Å². The van der Waals surface area contributed by atoms with Crippen molar-refractivity contribution < 1.29 is 22.8 Å². The standard InChI is InChI=1S/C12H19F3N2O2/c1-10(2)9(19)17(7-5-6-12(13,14)15)11(3,4)8(18)16-10/h5-7H2,1-4H3,(H,16,18). The summed E-state index contributed by atoms with van der Waals surface area (Å²) in [6.45, 7) is 6.06. The van der Waals surface area contributed by atoms with E-state index in [1.165, 1.54) is 18.7 Å². The van der Waals surface area contributed by atoms with E-state index in [1.54, 1.807) is 13.8 Å². The molecule has 0 aliphatic carbocycles. The Balaban J connectivity index is 2.82. The van der Waals surface area contributed by atoms with Crippen molar-refractivity contribution in [2.45, 2.75) is 57.8 Å². The Morgan fingerprint density at radius 3 is 2.16 bits per heavy atom. The molecule has 1 aliphatic heterocycles. The topological polar surface area (TPSA) is 49.4 Å². The van der Waals surface area contributed by atoms with Gasteiger partial charge in [0.05, 0.1) is 0 Å². The zero-order chi connectivity index (χ0) is 15.1. The Labute approximate surface area is 110 Å². The van der Waals surface area contributed by atoms with Crippen LogP contribution in [-0.2, 0) is 9.59 Å². The van der Waals surface area contributed by atoms with Crippen molar-refractivity contribution in [3.63, 3.8) is 0 Å². The maximum atomic E-state index is 12.2. The van der Waals surface area contributed by atoms with E-state index in [-0.39, 0.29) is 24.8 Å². The number of nitrogens with one attached hydrogen (secondary N) is 1. The van der Waals surface area contributed by atoms with Crippen molar-refractivity contribution in [3.05, 3.63) is 0 Å². The quantitative estimate of drug-likeness (QED) is 0.857. The first-order chi connectivity index (χ1) is 8.38. The molecule has 1 heterocycles. The molecule has 2 amide bonds. The van der Waals surface area contributed by atoms with Gasteiger partial charge in [-0.05, 0) is 34.1 Å². The highest BCUT2D eigenvalue weighted by molar-refractivity contribution is 6.01. The van der Waals surface area contributed by atoms with Crippen LogP contribution in [0.5, 0.6) is 0 Å². The summed E-state index contributed by atoms with van der Waals surface area (Å²) in [4.78, 5) is 25.3. The predicted octanol–water partition coefficient (Wildman–Crippen LogP) is 1.84. The van der Waals surface area contributed by atoms with Crippen LogP contribution in [0.4, 0.5) is 13.2 Å².